The third-order valence-corrected chi connectivity index (χ3v) is 3.30. The minimum absolute atomic E-state index is 0.0152. The van der Waals surface area contributed by atoms with Gasteiger partial charge < -0.3 is 9.30 Å². The molecule has 0 aliphatic heterocycles. The van der Waals surface area contributed by atoms with Crippen LogP contribution in [0.4, 0.5) is 0 Å². The van der Waals surface area contributed by atoms with E-state index in [1.54, 1.807) is 42.6 Å². The van der Waals surface area contributed by atoms with Crippen LogP contribution in [0.1, 0.15) is 10.4 Å². The number of ether oxygens (including phenoxy) is 1. The van der Waals surface area contributed by atoms with Crippen LogP contribution in [0.25, 0.3) is 0 Å². The molecule has 0 bridgehead atoms. The number of hydrogen-bond donors (Lipinski definition) is 0. The van der Waals surface area contributed by atoms with Gasteiger partial charge in [-0.2, -0.15) is 0 Å². The average Bonchev–Trinajstić information content (AvgIpc) is 2.43. The lowest BCUT2D eigenvalue weighted by atomic mass is 10.1. The van der Waals surface area contributed by atoms with Gasteiger partial charge in [0.25, 0.3) is 5.56 Å². The molecule has 19 heavy (non-hydrogen) atoms. The Kier molecular flexibility index (Phi) is 4.16. The van der Waals surface area contributed by atoms with Crippen molar-refractivity contribution in [3.63, 3.8) is 0 Å². The summed E-state index contributed by atoms with van der Waals surface area (Å²) in [5.74, 6) is 0.341. The Morgan fingerprint density at radius 2 is 2.00 bits per heavy atom. The predicted octanol–water partition coefficient (Wildman–Crippen LogP) is 2.50. The van der Waals surface area contributed by atoms with E-state index in [-0.39, 0.29) is 17.9 Å². The molecule has 0 saturated carbocycles. The van der Waals surface area contributed by atoms with Crippen LogP contribution in [-0.2, 0) is 6.54 Å². The van der Waals surface area contributed by atoms with Crippen LogP contribution in [0.2, 0.25) is 0 Å². The van der Waals surface area contributed by atoms with Crippen molar-refractivity contribution < 1.29 is 9.53 Å². The topological polar surface area (TPSA) is 48.3 Å². The Hall–Kier alpha value is -1.88. The van der Waals surface area contributed by atoms with E-state index in [1.807, 2.05) is 0 Å². The van der Waals surface area contributed by atoms with Gasteiger partial charge in [-0.15, -0.1) is 0 Å². The highest BCUT2D eigenvalue weighted by atomic mass is 79.9. The van der Waals surface area contributed by atoms with Crippen molar-refractivity contribution in [1.29, 1.82) is 0 Å². The minimum Gasteiger partial charge on any atom is -0.496 e. The van der Waals surface area contributed by atoms with Crippen LogP contribution in [0, 0.1) is 0 Å². The van der Waals surface area contributed by atoms with E-state index >= 15 is 0 Å². The Labute approximate surface area is 118 Å². The molecular formula is C14H12BrNO3. The van der Waals surface area contributed by atoms with E-state index in [4.69, 9.17) is 4.74 Å². The van der Waals surface area contributed by atoms with Crippen LogP contribution < -0.4 is 10.3 Å². The molecular weight excluding hydrogens is 310 g/mol. The summed E-state index contributed by atoms with van der Waals surface area (Å²) in [5, 5.41) is 0. The zero-order valence-corrected chi connectivity index (χ0v) is 11.9. The molecule has 2 rings (SSSR count). The molecule has 0 aliphatic carbocycles. The van der Waals surface area contributed by atoms with Gasteiger partial charge in [-0.05, 0) is 40.2 Å². The van der Waals surface area contributed by atoms with Crippen LogP contribution >= 0.6 is 15.9 Å². The molecule has 0 saturated heterocycles. The maximum Gasteiger partial charge on any atom is 0.265 e. The van der Waals surface area contributed by atoms with Crippen molar-refractivity contribution in [3.05, 3.63) is 63.0 Å². The van der Waals surface area contributed by atoms with E-state index in [2.05, 4.69) is 15.9 Å². The number of methoxy groups -OCH3 is 1. The first kappa shape index (κ1) is 13.5. The highest BCUT2D eigenvalue weighted by molar-refractivity contribution is 9.10. The van der Waals surface area contributed by atoms with Crippen LogP contribution in [0.15, 0.2) is 51.9 Å². The number of carbonyl (C=O) groups excluding carboxylic acids is 1. The molecule has 4 nitrogen and oxygen atoms in total. The second-order valence-electron chi connectivity index (χ2n) is 3.91. The van der Waals surface area contributed by atoms with Crippen molar-refractivity contribution >= 4 is 21.7 Å². The third kappa shape index (κ3) is 2.93. The quantitative estimate of drug-likeness (QED) is 0.813. The van der Waals surface area contributed by atoms with Gasteiger partial charge in [-0.3, -0.25) is 9.59 Å². The lowest BCUT2D eigenvalue weighted by Gasteiger charge is -2.08. The predicted molar refractivity (Wildman–Crippen MR) is 75.7 cm³/mol. The normalized spacial score (nSPS) is 10.2. The van der Waals surface area contributed by atoms with E-state index in [9.17, 15) is 9.59 Å². The first-order valence-corrected chi connectivity index (χ1v) is 6.44. The number of benzene rings is 1. The van der Waals surface area contributed by atoms with Crippen LogP contribution in [0.5, 0.6) is 5.75 Å². The van der Waals surface area contributed by atoms with Gasteiger partial charge in [0.2, 0.25) is 0 Å². The van der Waals surface area contributed by atoms with Gasteiger partial charge in [-0.1, -0.05) is 12.1 Å². The number of rotatable bonds is 4. The van der Waals surface area contributed by atoms with Crippen LogP contribution in [0.3, 0.4) is 0 Å². The van der Waals surface area contributed by atoms with E-state index in [0.29, 0.717) is 15.8 Å². The Morgan fingerprint density at radius 1 is 1.26 bits per heavy atom. The number of nitrogens with zero attached hydrogens (tertiary/aromatic N) is 1. The second-order valence-corrected chi connectivity index (χ2v) is 4.77. The molecule has 0 amide bonds. The molecule has 0 aliphatic rings. The summed E-state index contributed by atoms with van der Waals surface area (Å²) in [7, 11) is 1.51. The van der Waals surface area contributed by atoms with Gasteiger partial charge in [0.1, 0.15) is 5.75 Å². The highest BCUT2D eigenvalue weighted by Gasteiger charge is 2.13. The number of para-hydroxylation sites is 1. The summed E-state index contributed by atoms with van der Waals surface area (Å²) in [6.07, 6.45) is 1.58. The summed E-state index contributed by atoms with van der Waals surface area (Å²) in [4.78, 5) is 24.0. The largest absolute Gasteiger partial charge is 0.496 e. The molecule has 0 radical (unpaired) electrons. The first-order valence-electron chi connectivity index (χ1n) is 5.64. The molecule has 0 fully saturated rings. The maximum atomic E-state index is 12.2. The molecule has 0 N–H and O–H groups in total. The van der Waals surface area contributed by atoms with Crippen LogP contribution in [-0.4, -0.2) is 17.5 Å². The summed E-state index contributed by atoms with van der Waals surface area (Å²) in [6.45, 7) is -0.0152. The number of Topliss-reactive ketones (excluding diaryl/α,β-unsaturated/α-hetero) is 1. The van der Waals surface area contributed by atoms with Gasteiger partial charge >= 0.3 is 0 Å². The van der Waals surface area contributed by atoms with Crippen molar-refractivity contribution in [2.24, 2.45) is 0 Å². The number of pyridine rings is 1. The molecule has 1 aromatic heterocycles. The lowest BCUT2D eigenvalue weighted by Crippen LogP contribution is -2.24. The summed E-state index contributed by atoms with van der Waals surface area (Å²) < 4.78 is 6.93. The fourth-order valence-electron chi connectivity index (χ4n) is 1.75. The number of hydrogen-bond acceptors (Lipinski definition) is 3. The van der Waals surface area contributed by atoms with E-state index in [0.717, 1.165) is 0 Å². The fourth-order valence-corrected chi connectivity index (χ4v) is 2.13. The molecule has 1 heterocycles. The average molecular weight is 322 g/mol. The minimum atomic E-state index is -0.231. The first-order chi connectivity index (χ1) is 9.13. The SMILES string of the molecule is COc1ccccc1C(=O)Cn1cccc(Br)c1=O. The number of carbonyl (C=O) groups is 1. The summed E-state index contributed by atoms with van der Waals surface area (Å²) in [6, 6.07) is 10.3. The fraction of sp³-hybridized carbons (Fsp3) is 0.143. The summed E-state index contributed by atoms with van der Waals surface area (Å²) in [5.41, 5.74) is 0.239. The zero-order chi connectivity index (χ0) is 13.8. The second kappa shape index (κ2) is 5.84. The maximum absolute atomic E-state index is 12.2. The van der Waals surface area contributed by atoms with E-state index < -0.39 is 0 Å². The molecule has 98 valence electrons. The standard InChI is InChI=1S/C14H12BrNO3/c1-19-13-7-3-2-5-10(13)12(17)9-16-8-4-6-11(15)14(16)18/h2-8H,9H2,1H3. The molecule has 1 aromatic carbocycles. The van der Waals surface area contributed by atoms with E-state index in [1.165, 1.54) is 11.7 Å². The molecule has 0 atom stereocenters. The van der Waals surface area contributed by atoms with Gasteiger partial charge in [0.05, 0.1) is 23.7 Å². The van der Waals surface area contributed by atoms with Crippen molar-refractivity contribution in [2.45, 2.75) is 6.54 Å². The zero-order valence-electron chi connectivity index (χ0n) is 10.3. The molecule has 2 aromatic rings. The van der Waals surface area contributed by atoms with Gasteiger partial charge in [-0.25, -0.2) is 0 Å². The van der Waals surface area contributed by atoms with Gasteiger partial charge in [0.15, 0.2) is 5.78 Å². The molecule has 0 unspecified atom stereocenters. The van der Waals surface area contributed by atoms with Gasteiger partial charge in [0, 0.05) is 6.20 Å². The van der Waals surface area contributed by atoms with Crippen molar-refractivity contribution in [3.8, 4) is 5.75 Å². The molecule has 5 heteroatoms. The smallest absolute Gasteiger partial charge is 0.265 e. The Morgan fingerprint density at radius 3 is 2.74 bits per heavy atom. The van der Waals surface area contributed by atoms with Crippen molar-refractivity contribution in [2.75, 3.05) is 7.11 Å². The monoisotopic (exact) mass is 321 g/mol. The lowest BCUT2D eigenvalue weighted by molar-refractivity contribution is 0.0968. The summed E-state index contributed by atoms with van der Waals surface area (Å²) >= 11 is 3.15. The third-order valence-electron chi connectivity index (χ3n) is 2.70. The Bertz CT molecular complexity index is 664. The number of aromatic nitrogens is 1. The number of halogens is 1. The van der Waals surface area contributed by atoms with Crippen molar-refractivity contribution in [1.82, 2.24) is 4.57 Å². The Balaban J connectivity index is 2.31. The highest BCUT2D eigenvalue weighted by Crippen LogP contribution is 2.18. The number of ketones is 1. The molecule has 0 spiro atoms.